The summed E-state index contributed by atoms with van der Waals surface area (Å²) in [6.45, 7) is 4.54. The van der Waals surface area contributed by atoms with Crippen LogP contribution >= 0.6 is 0 Å². The molecule has 0 radical (unpaired) electrons. The van der Waals surface area contributed by atoms with Gasteiger partial charge < -0.3 is 9.88 Å². The van der Waals surface area contributed by atoms with Crippen molar-refractivity contribution in [1.29, 1.82) is 0 Å². The minimum atomic E-state index is 0.0835. The molecule has 0 spiro atoms. The van der Waals surface area contributed by atoms with Crippen LogP contribution in [0.3, 0.4) is 0 Å². The van der Waals surface area contributed by atoms with E-state index in [2.05, 4.69) is 9.88 Å². The van der Waals surface area contributed by atoms with E-state index in [4.69, 9.17) is 0 Å². The summed E-state index contributed by atoms with van der Waals surface area (Å²) < 4.78 is 2.07. The number of nitrogens with one attached hydrogen (secondary N) is 1. The van der Waals surface area contributed by atoms with Gasteiger partial charge >= 0.3 is 0 Å². The molecule has 0 saturated carbocycles. The molecule has 15 heavy (non-hydrogen) atoms. The van der Waals surface area contributed by atoms with Gasteiger partial charge in [0.25, 0.3) is 0 Å². The van der Waals surface area contributed by atoms with Gasteiger partial charge in [0, 0.05) is 29.9 Å². The van der Waals surface area contributed by atoms with E-state index in [0.29, 0.717) is 18.5 Å². The lowest BCUT2D eigenvalue weighted by Crippen LogP contribution is -2.16. The number of rotatable bonds is 2. The van der Waals surface area contributed by atoms with Crippen molar-refractivity contribution in [3.05, 3.63) is 23.0 Å². The van der Waals surface area contributed by atoms with E-state index in [1.165, 1.54) is 0 Å². The van der Waals surface area contributed by atoms with Crippen LogP contribution in [0.5, 0.6) is 0 Å². The van der Waals surface area contributed by atoms with Crippen molar-refractivity contribution < 1.29 is 9.59 Å². The van der Waals surface area contributed by atoms with Crippen LogP contribution in [0.1, 0.15) is 34.2 Å². The first-order valence-electron chi connectivity index (χ1n) is 5.03. The van der Waals surface area contributed by atoms with Crippen LogP contribution in [0, 0.1) is 13.8 Å². The predicted octanol–water partition coefficient (Wildman–Crippen LogP) is 0.978. The molecule has 1 aliphatic heterocycles. The highest BCUT2D eigenvalue weighted by Gasteiger charge is 2.25. The average molecular weight is 206 g/mol. The second-order valence-electron chi connectivity index (χ2n) is 3.98. The number of carbonyl (C=O) groups excluding carboxylic acids is 2. The molecule has 1 amide bonds. The van der Waals surface area contributed by atoms with Gasteiger partial charge in [-0.15, -0.1) is 0 Å². The minimum absolute atomic E-state index is 0.0835. The van der Waals surface area contributed by atoms with Crippen LogP contribution in [-0.4, -0.2) is 23.3 Å². The van der Waals surface area contributed by atoms with Crippen molar-refractivity contribution in [2.75, 3.05) is 6.54 Å². The molecule has 1 fully saturated rings. The lowest BCUT2D eigenvalue weighted by atomic mass is 10.2. The van der Waals surface area contributed by atoms with Crippen molar-refractivity contribution in [3.8, 4) is 0 Å². The molecule has 2 heterocycles. The monoisotopic (exact) mass is 206 g/mol. The number of aromatic nitrogens is 1. The summed E-state index contributed by atoms with van der Waals surface area (Å²) >= 11 is 0. The van der Waals surface area contributed by atoms with Gasteiger partial charge in [0.1, 0.15) is 0 Å². The maximum atomic E-state index is 11.1. The van der Waals surface area contributed by atoms with E-state index >= 15 is 0 Å². The summed E-state index contributed by atoms with van der Waals surface area (Å²) in [7, 11) is 0. The van der Waals surface area contributed by atoms with E-state index in [1.807, 2.05) is 19.9 Å². The third-order valence-corrected chi connectivity index (χ3v) is 2.97. The highest BCUT2D eigenvalue weighted by Crippen LogP contribution is 2.23. The van der Waals surface area contributed by atoms with Crippen LogP contribution in [0.15, 0.2) is 6.07 Å². The van der Waals surface area contributed by atoms with E-state index < -0.39 is 0 Å². The zero-order chi connectivity index (χ0) is 11.0. The summed E-state index contributed by atoms with van der Waals surface area (Å²) in [6.07, 6.45) is 1.37. The maximum Gasteiger partial charge on any atom is 0.222 e. The average Bonchev–Trinajstić information content (AvgIpc) is 2.71. The van der Waals surface area contributed by atoms with Crippen LogP contribution in [-0.2, 0) is 4.79 Å². The molecular formula is C11H14N2O2. The number of hydrogen-bond acceptors (Lipinski definition) is 2. The second-order valence-corrected chi connectivity index (χ2v) is 3.98. The molecule has 0 bridgehead atoms. The molecule has 4 nitrogen and oxygen atoms in total. The Morgan fingerprint density at radius 2 is 2.27 bits per heavy atom. The predicted molar refractivity (Wildman–Crippen MR) is 56.0 cm³/mol. The van der Waals surface area contributed by atoms with Gasteiger partial charge in [0.2, 0.25) is 5.91 Å². The first-order chi connectivity index (χ1) is 7.13. The molecule has 1 atom stereocenters. The summed E-state index contributed by atoms with van der Waals surface area (Å²) in [5.74, 6) is 0.0835. The smallest absolute Gasteiger partial charge is 0.222 e. The number of aryl methyl sites for hydroxylation is 1. The molecule has 1 saturated heterocycles. The molecule has 1 aromatic heterocycles. The molecule has 0 aromatic carbocycles. The third kappa shape index (κ3) is 1.56. The Balaban J connectivity index is 2.39. The van der Waals surface area contributed by atoms with Gasteiger partial charge in [-0.1, -0.05) is 0 Å². The molecule has 1 unspecified atom stereocenters. The van der Waals surface area contributed by atoms with Crippen LogP contribution in [0.2, 0.25) is 0 Å². The Bertz CT molecular complexity index is 420. The first kappa shape index (κ1) is 9.96. The highest BCUT2D eigenvalue weighted by molar-refractivity contribution is 5.79. The van der Waals surface area contributed by atoms with E-state index in [9.17, 15) is 9.59 Å². The summed E-state index contributed by atoms with van der Waals surface area (Å²) in [5.41, 5.74) is 2.70. The van der Waals surface area contributed by atoms with Crippen molar-refractivity contribution in [2.24, 2.45) is 0 Å². The van der Waals surface area contributed by atoms with Crippen molar-refractivity contribution in [1.82, 2.24) is 9.88 Å². The molecular weight excluding hydrogens is 192 g/mol. The Labute approximate surface area is 88.3 Å². The van der Waals surface area contributed by atoms with Crippen LogP contribution in [0.25, 0.3) is 0 Å². The number of aldehydes is 1. The van der Waals surface area contributed by atoms with Gasteiger partial charge in [-0.2, -0.15) is 0 Å². The van der Waals surface area contributed by atoms with Crippen LogP contribution in [0.4, 0.5) is 0 Å². The SMILES string of the molecule is Cc1cc(C=O)c(C)n1C1CNC(=O)C1. The molecule has 1 aliphatic rings. The zero-order valence-corrected chi connectivity index (χ0v) is 8.91. The largest absolute Gasteiger partial charge is 0.354 e. The number of carbonyl (C=O) groups is 2. The Hall–Kier alpha value is -1.58. The molecule has 2 rings (SSSR count). The normalized spacial score (nSPS) is 20.4. The van der Waals surface area contributed by atoms with Gasteiger partial charge in [0.05, 0.1) is 6.04 Å². The quantitative estimate of drug-likeness (QED) is 0.733. The van der Waals surface area contributed by atoms with Gasteiger partial charge in [0.15, 0.2) is 6.29 Å². The topological polar surface area (TPSA) is 51.1 Å². The van der Waals surface area contributed by atoms with E-state index in [0.717, 1.165) is 17.7 Å². The van der Waals surface area contributed by atoms with Crippen molar-refractivity contribution >= 4 is 12.2 Å². The van der Waals surface area contributed by atoms with Crippen molar-refractivity contribution in [2.45, 2.75) is 26.3 Å². The molecule has 4 heteroatoms. The molecule has 1 aromatic rings. The highest BCUT2D eigenvalue weighted by atomic mass is 16.2. The van der Waals surface area contributed by atoms with Gasteiger partial charge in [-0.3, -0.25) is 9.59 Å². The van der Waals surface area contributed by atoms with Gasteiger partial charge in [-0.25, -0.2) is 0 Å². The number of hydrogen-bond donors (Lipinski definition) is 1. The van der Waals surface area contributed by atoms with Crippen LogP contribution < -0.4 is 5.32 Å². The van der Waals surface area contributed by atoms with E-state index in [1.54, 1.807) is 0 Å². The maximum absolute atomic E-state index is 11.1. The van der Waals surface area contributed by atoms with Crippen molar-refractivity contribution in [3.63, 3.8) is 0 Å². The van der Waals surface area contributed by atoms with Gasteiger partial charge in [-0.05, 0) is 19.9 Å². The summed E-state index contributed by atoms with van der Waals surface area (Å²) in [5, 5.41) is 2.80. The summed E-state index contributed by atoms with van der Waals surface area (Å²) in [6, 6.07) is 2.02. The number of nitrogens with zero attached hydrogens (tertiary/aromatic N) is 1. The Morgan fingerprint density at radius 1 is 1.53 bits per heavy atom. The zero-order valence-electron chi connectivity index (χ0n) is 8.91. The molecule has 0 aliphatic carbocycles. The minimum Gasteiger partial charge on any atom is -0.354 e. The molecule has 80 valence electrons. The second kappa shape index (κ2) is 3.53. The van der Waals surface area contributed by atoms with E-state index in [-0.39, 0.29) is 11.9 Å². The third-order valence-electron chi connectivity index (χ3n) is 2.97. The first-order valence-corrected chi connectivity index (χ1v) is 5.03. The Kier molecular flexibility index (Phi) is 2.34. The fourth-order valence-corrected chi connectivity index (χ4v) is 2.26. The summed E-state index contributed by atoms with van der Waals surface area (Å²) in [4.78, 5) is 21.9. The number of amides is 1. The standard InChI is InChI=1S/C11H14N2O2/c1-7-3-9(6-14)8(2)13(7)10-4-11(15)12-5-10/h3,6,10H,4-5H2,1-2H3,(H,12,15). The lowest BCUT2D eigenvalue weighted by molar-refractivity contribution is -0.119. The lowest BCUT2D eigenvalue weighted by Gasteiger charge is -2.15. The fraction of sp³-hybridized carbons (Fsp3) is 0.455. The Morgan fingerprint density at radius 3 is 2.73 bits per heavy atom. The fourth-order valence-electron chi connectivity index (χ4n) is 2.26. The molecule has 1 N–H and O–H groups in total.